The van der Waals surface area contributed by atoms with Gasteiger partial charge in [-0.3, -0.25) is 9.69 Å². The van der Waals surface area contributed by atoms with E-state index in [4.69, 9.17) is 16.3 Å². The SMILES string of the molecule is COC(=O)C(c1ccccc1Cl)N1CCN(C(=O)CCn2cnc3ccccc32)CC1. The number of hydrogen-bond acceptors (Lipinski definition) is 5. The van der Waals surface area contributed by atoms with Gasteiger partial charge >= 0.3 is 5.97 Å². The van der Waals surface area contributed by atoms with Crippen LogP contribution < -0.4 is 0 Å². The van der Waals surface area contributed by atoms with Crippen LogP contribution in [0, 0.1) is 0 Å². The van der Waals surface area contributed by atoms with E-state index in [1.165, 1.54) is 7.11 Å². The van der Waals surface area contributed by atoms with Crippen molar-refractivity contribution < 1.29 is 14.3 Å². The summed E-state index contributed by atoms with van der Waals surface area (Å²) in [5, 5.41) is 0.531. The van der Waals surface area contributed by atoms with E-state index >= 15 is 0 Å². The Hall–Kier alpha value is -2.90. The molecule has 1 saturated heterocycles. The second-order valence-corrected chi connectivity index (χ2v) is 7.95. The van der Waals surface area contributed by atoms with Gasteiger partial charge in [-0.15, -0.1) is 0 Å². The first-order chi connectivity index (χ1) is 15.1. The molecule has 1 fully saturated rings. The van der Waals surface area contributed by atoms with Gasteiger partial charge in [0.25, 0.3) is 0 Å². The Bertz CT molecular complexity index is 1080. The van der Waals surface area contributed by atoms with Crippen LogP contribution in [0.2, 0.25) is 5.02 Å². The van der Waals surface area contributed by atoms with Crippen molar-refractivity contribution in [2.45, 2.75) is 19.0 Å². The van der Waals surface area contributed by atoms with Crippen LogP contribution in [0.4, 0.5) is 0 Å². The molecule has 0 spiro atoms. The number of ether oxygens (including phenoxy) is 1. The molecule has 1 aliphatic heterocycles. The Balaban J connectivity index is 1.37. The summed E-state index contributed by atoms with van der Waals surface area (Å²) in [5.74, 6) is -0.246. The summed E-state index contributed by atoms with van der Waals surface area (Å²) >= 11 is 6.34. The zero-order valence-corrected chi connectivity index (χ0v) is 18.2. The fraction of sp³-hybridized carbons (Fsp3) is 0.348. The van der Waals surface area contributed by atoms with Crippen molar-refractivity contribution in [2.24, 2.45) is 0 Å². The zero-order valence-electron chi connectivity index (χ0n) is 17.4. The molecule has 1 amide bonds. The Morgan fingerprint density at radius 3 is 2.52 bits per heavy atom. The Kier molecular flexibility index (Phi) is 6.53. The topological polar surface area (TPSA) is 67.7 Å². The first-order valence-electron chi connectivity index (χ1n) is 10.3. The number of halogens is 1. The molecule has 4 rings (SSSR count). The van der Waals surface area contributed by atoms with Crippen LogP contribution in [0.25, 0.3) is 11.0 Å². The molecule has 2 heterocycles. The number of aromatic nitrogens is 2. The smallest absolute Gasteiger partial charge is 0.327 e. The Morgan fingerprint density at radius 2 is 1.77 bits per heavy atom. The number of carbonyl (C=O) groups excluding carboxylic acids is 2. The molecule has 0 saturated carbocycles. The van der Waals surface area contributed by atoms with Crippen molar-refractivity contribution >= 4 is 34.5 Å². The van der Waals surface area contributed by atoms with Gasteiger partial charge in [-0.2, -0.15) is 0 Å². The van der Waals surface area contributed by atoms with Crippen molar-refractivity contribution in [2.75, 3.05) is 33.3 Å². The largest absolute Gasteiger partial charge is 0.468 e. The van der Waals surface area contributed by atoms with Gasteiger partial charge in [0.2, 0.25) is 5.91 Å². The highest BCUT2D eigenvalue weighted by Crippen LogP contribution is 2.29. The molecule has 0 N–H and O–H groups in total. The zero-order chi connectivity index (χ0) is 21.8. The van der Waals surface area contributed by atoms with Gasteiger partial charge in [-0.05, 0) is 23.8 Å². The molecule has 31 heavy (non-hydrogen) atoms. The number of benzene rings is 2. The number of piperazine rings is 1. The van der Waals surface area contributed by atoms with E-state index in [0.717, 1.165) is 16.6 Å². The molecule has 0 radical (unpaired) electrons. The van der Waals surface area contributed by atoms with Gasteiger partial charge in [0.15, 0.2) is 0 Å². The number of imidazole rings is 1. The van der Waals surface area contributed by atoms with Crippen molar-refractivity contribution in [1.82, 2.24) is 19.4 Å². The summed E-state index contributed by atoms with van der Waals surface area (Å²) in [7, 11) is 1.38. The van der Waals surface area contributed by atoms with Crippen LogP contribution in [0.5, 0.6) is 0 Å². The molecular formula is C23H25ClN4O3. The number of carbonyl (C=O) groups is 2. The Morgan fingerprint density at radius 1 is 1.06 bits per heavy atom. The first kappa shape index (κ1) is 21.3. The lowest BCUT2D eigenvalue weighted by molar-refractivity contribution is -0.148. The molecule has 1 aliphatic rings. The number of amides is 1. The highest BCUT2D eigenvalue weighted by Gasteiger charge is 2.33. The van der Waals surface area contributed by atoms with E-state index in [1.54, 1.807) is 12.4 Å². The number of fused-ring (bicyclic) bond motifs is 1. The van der Waals surface area contributed by atoms with Gasteiger partial charge in [0.05, 0.1) is 24.5 Å². The van der Waals surface area contributed by atoms with Gasteiger partial charge < -0.3 is 14.2 Å². The van der Waals surface area contributed by atoms with E-state index in [0.29, 0.717) is 44.2 Å². The van der Waals surface area contributed by atoms with Crippen molar-refractivity contribution in [3.8, 4) is 0 Å². The average molecular weight is 441 g/mol. The van der Waals surface area contributed by atoms with Gasteiger partial charge in [-0.25, -0.2) is 9.78 Å². The van der Waals surface area contributed by atoms with Crippen molar-refractivity contribution in [1.29, 1.82) is 0 Å². The molecule has 162 valence electrons. The fourth-order valence-electron chi connectivity index (χ4n) is 4.07. The maximum atomic E-state index is 12.8. The standard InChI is InChI=1S/C23H25ClN4O3/c1-31-23(30)22(17-6-2-3-7-18(17)24)27-14-12-26(13-15-27)21(29)10-11-28-16-25-19-8-4-5-9-20(19)28/h2-9,16,22H,10-15H2,1H3. The van der Waals surface area contributed by atoms with Crippen LogP contribution in [-0.2, 0) is 20.9 Å². The fourth-order valence-corrected chi connectivity index (χ4v) is 4.31. The summed E-state index contributed by atoms with van der Waals surface area (Å²) in [6, 6.07) is 14.6. The normalized spacial score (nSPS) is 15.7. The second kappa shape index (κ2) is 9.49. The molecule has 3 aromatic rings. The van der Waals surface area contributed by atoms with Crippen LogP contribution >= 0.6 is 11.6 Å². The predicted molar refractivity (Wildman–Crippen MR) is 119 cm³/mol. The quantitative estimate of drug-likeness (QED) is 0.551. The van der Waals surface area contributed by atoms with E-state index < -0.39 is 6.04 Å². The third-order valence-electron chi connectivity index (χ3n) is 5.75. The summed E-state index contributed by atoms with van der Waals surface area (Å²) in [6.07, 6.45) is 2.19. The van der Waals surface area contributed by atoms with E-state index in [-0.39, 0.29) is 11.9 Å². The maximum Gasteiger partial charge on any atom is 0.327 e. The van der Waals surface area contributed by atoms with Crippen LogP contribution in [0.1, 0.15) is 18.0 Å². The lowest BCUT2D eigenvalue weighted by atomic mass is 10.0. The summed E-state index contributed by atoms with van der Waals surface area (Å²) in [6.45, 7) is 2.85. The van der Waals surface area contributed by atoms with E-state index in [2.05, 4.69) is 4.98 Å². The molecule has 7 nitrogen and oxygen atoms in total. The van der Waals surface area contributed by atoms with Crippen LogP contribution in [-0.4, -0.2) is 64.5 Å². The summed E-state index contributed by atoms with van der Waals surface area (Å²) in [4.78, 5) is 33.6. The highest BCUT2D eigenvalue weighted by atomic mass is 35.5. The van der Waals surface area contributed by atoms with Crippen molar-refractivity contribution in [3.05, 3.63) is 65.4 Å². The minimum absolute atomic E-state index is 0.102. The van der Waals surface area contributed by atoms with Gasteiger partial charge in [-0.1, -0.05) is 41.9 Å². The summed E-state index contributed by atoms with van der Waals surface area (Å²) < 4.78 is 7.04. The lowest BCUT2D eigenvalue weighted by Gasteiger charge is -2.38. The van der Waals surface area contributed by atoms with E-state index in [9.17, 15) is 9.59 Å². The molecular weight excluding hydrogens is 416 g/mol. The molecule has 1 unspecified atom stereocenters. The third kappa shape index (κ3) is 4.57. The maximum absolute atomic E-state index is 12.8. The molecule has 0 bridgehead atoms. The monoisotopic (exact) mass is 440 g/mol. The summed E-state index contributed by atoms with van der Waals surface area (Å²) in [5.41, 5.74) is 2.68. The predicted octanol–water partition coefficient (Wildman–Crippen LogP) is 3.14. The third-order valence-corrected chi connectivity index (χ3v) is 6.09. The van der Waals surface area contributed by atoms with Gasteiger partial charge in [0, 0.05) is 44.2 Å². The average Bonchev–Trinajstić information content (AvgIpc) is 3.22. The number of esters is 1. The molecule has 1 aromatic heterocycles. The Labute approximate surface area is 186 Å². The number of hydrogen-bond donors (Lipinski definition) is 0. The number of rotatable bonds is 6. The lowest BCUT2D eigenvalue weighted by Crippen LogP contribution is -2.51. The molecule has 2 aromatic carbocycles. The number of aryl methyl sites for hydroxylation is 1. The molecule has 0 aliphatic carbocycles. The number of para-hydroxylation sites is 2. The van der Waals surface area contributed by atoms with Crippen LogP contribution in [0.15, 0.2) is 54.9 Å². The molecule has 1 atom stereocenters. The second-order valence-electron chi connectivity index (χ2n) is 7.54. The first-order valence-corrected chi connectivity index (χ1v) is 10.7. The minimum Gasteiger partial charge on any atom is -0.468 e. The van der Waals surface area contributed by atoms with E-state index in [1.807, 2.05) is 56.8 Å². The minimum atomic E-state index is -0.576. The highest BCUT2D eigenvalue weighted by molar-refractivity contribution is 6.31. The number of nitrogens with zero attached hydrogens (tertiary/aromatic N) is 4. The van der Waals surface area contributed by atoms with Crippen molar-refractivity contribution in [3.63, 3.8) is 0 Å². The number of methoxy groups -OCH3 is 1. The van der Waals surface area contributed by atoms with Crippen LogP contribution in [0.3, 0.4) is 0 Å². The molecule has 8 heteroatoms. The van der Waals surface area contributed by atoms with Gasteiger partial charge in [0.1, 0.15) is 6.04 Å².